The zero-order valence-corrected chi connectivity index (χ0v) is 12.4. The van der Waals surface area contributed by atoms with E-state index in [1.165, 1.54) is 5.57 Å². The van der Waals surface area contributed by atoms with Gasteiger partial charge in [-0.2, -0.15) is 0 Å². The summed E-state index contributed by atoms with van der Waals surface area (Å²) in [5, 5.41) is 6.77. The Morgan fingerprint density at radius 2 is 2.21 bits per heavy atom. The molecule has 19 heavy (non-hydrogen) atoms. The molecule has 3 nitrogen and oxygen atoms in total. The number of hydrogen-bond donors (Lipinski definition) is 2. The second-order valence-electron chi connectivity index (χ2n) is 4.52. The second-order valence-corrected chi connectivity index (χ2v) is 4.95. The van der Waals surface area contributed by atoms with E-state index in [2.05, 4.69) is 16.7 Å². The Bertz CT molecular complexity index is 466. The molecule has 0 atom stereocenters. The highest BCUT2D eigenvalue weighted by atomic mass is 35.5. The molecule has 0 aliphatic carbocycles. The Kier molecular flexibility index (Phi) is 6.35. The molecule has 2 rings (SSSR count). The van der Waals surface area contributed by atoms with Crippen LogP contribution in [0.15, 0.2) is 29.8 Å². The minimum atomic E-state index is -0.0694. The molecule has 1 heterocycles. The molecule has 0 unspecified atom stereocenters. The number of nitrogens with one attached hydrogen (secondary N) is 2. The summed E-state index contributed by atoms with van der Waals surface area (Å²) in [5.41, 5.74) is 2.89. The van der Waals surface area contributed by atoms with Gasteiger partial charge in [-0.1, -0.05) is 23.3 Å². The van der Waals surface area contributed by atoms with Crippen LogP contribution in [0.25, 0.3) is 0 Å². The Morgan fingerprint density at radius 1 is 1.42 bits per heavy atom. The van der Waals surface area contributed by atoms with Gasteiger partial charge in [-0.15, -0.1) is 12.4 Å². The highest BCUT2D eigenvalue weighted by Crippen LogP contribution is 2.14. The summed E-state index contributed by atoms with van der Waals surface area (Å²) >= 11 is 5.94. The van der Waals surface area contributed by atoms with Crippen LogP contribution in [0.4, 0.5) is 0 Å². The van der Waals surface area contributed by atoms with E-state index in [4.69, 9.17) is 11.6 Å². The fraction of sp³-hybridized carbons (Fsp3) is 0.357. The van der Waals surface area contributed by atoms with E-state index in [1.807, 2.05) is 19.1 Å². The van der Waals surface area contributed by atoms with Crippen LogP contribution in [0.5, 0.6) is 0 Å². The van der Waals surface area contributed by atoms with Crippen molar-refractivity contribution in [2.45, 2.75) is 13.3 Å². The Labute approximate surface area is 124 Å². The first kappa shape index (κ1) is 16.0. The molecule has 0 aromatic heterocycles. The maximum atomic E-state index is 12.0. The zero-order valence-electron chi connectivity index (χ0n) is 10.8. The Morgan fingerprint density at radius 3 is 2.84 bits per heavy atom. The van der Waals surface area contributed by atoms with Crippen molar-refractivity contribution in [3.05, 3.63) is 46.0 Å². The number of amides is 1. The largest absolute Gasteiger partial charge is 0.348 e. The van der Waals surface area contributed by atoms with Gasteiger partial charge in [0.05, 0.1) is 0 Å². The quantitative estimate of drug-likeness (QED) is 0.843. The lowest BCUT2D eigenvalue weighted by Gasteiger charge is -2.14. The summed E-state index contributed by atoms with van der Waals surface area (Å²) in [6, 6.07) is 5.38. The molecule has 1 aromatic carbocycles. The van der Waals surface area contributed by atoms with Crippen molar-refractivity contribution < 1.29 is 4.79 Å². The summed E-state index contributed by atoms with van der Waals surface area (Å²) in [6.45, 7) is 4.42. The van der Waals surface area contributed by atoms with Crippen molar-refractivity contribution in [1.82, 2.24) is 10.6 Å². The molecule has 0 saturated carbocycles. The van der Waals surface area contributed by atoms with Crippen LogP contribution in [-0.4, -0.2) is 25.5 Å². The van der Waals surface area contributed by atoms with Gasteiger partial charge in [-0.05, 0) is 43.7 Å². The molecule has 104 valence electrons. The first-order valence-electron chi connectivity index (χ1n) is 6.09. The summed E-state index contributed by atoms with van der Waals surface area (Å²) in [4.78, 5) is 12.0. The fourth-order valence-electron chi connectivity index (χ4n) is 1.99. The van der Waals surface area contributed by atoms with E-state index in [-0.39, 0.29) is 18.3 Å². The lowest BCUT2D eigenvalue weighted by atomic mass is 10.1. The van der Waals surface area contributed by atoms with Crippen molar-refractivity contribution in [3.8, 4) is 0 Å². The molecule has 1 aliphatic heterocycles. The molecule has 1 aromatic rings. The smallest absolute Gasteiger partial charge is 0.251 e. The number of aryl methyl sites for hydroxylation is 1. The number of rotatable bonds is 3. The molecular weight excluding hydrogens is 283 g/mol. The van der Waals surface area contributed by atoms with Crippen LogP contribution in [0, 0.1) is 6.92 Å². The van der Waals surface area contributed by atoms with Crippen LogP contribution in [0.3, 0.4) is 0 Å². The molecular formula is C14H18Cl2N2O. The lowest BCUT2D eigenvalue weighted by molar-refractivity contribution is 0.0956. The monoisotopic (exact) mass is 300 g/mol. The molecule has 1 amide bonds. The topological polar surface area (TPSA) is 41.1 Å². The lowest BCUT2D eigenvalue weighted by Crippen LogP contribution is -2.29. The van der Waals surface area contributed by atoms with Gasteiger partial charge in [-0.3, -0.25) is 4.79 Å². The zero-order chi connectivity index (χ0) is 13.0. The van der Waals surface area contributed by atoms with Crippen LogP contribution in [-0.2, 0) is 0 Å². The van der Waals surface area contributed by atoms with Gasteiger partial charge in [0.25, 0.3) is 5.91 Å². The standard InChI is InChI=1S/C14H17ClN2O.ClH/c1-10-6-12(8-13(15)7-10)14(18)17-9-11-2-4-16-5-3-11;/h2,6-8,16H,3-5,9H2,1H3,(H,17,18);1H. The van der Waals surface area contributed by atoms with Crippen LogP contribution >= 0.6 is 24.0 Å². The van der Waals surface area contributed by atoms with Crippen LogP contribution < -0.4 is 10.6 Å². The summed E-state index contributed by atoms with van der Waals surface area (Å²) < 4.78 is 0. The maximum absolute atomic E-state index is 12.0. The third kappa shape index (κ3) is 4.86. The second kappa shape index (κ2) is 7.53. The van der Waals surface area contributed by atoms with Gasteiger partial charge in [0.2, 0.25) is 0 Å². The van der Waals surface area contributed by atoms with E-state index < -0.39 is 0 Å². The predicted octanol–water partition coefficient (Wildman–Crippen LogP) is 2.72. The number of halogens is 2. The first-order valence-corrected chi connectivity index (χ1v) is 6.47. The summed E-state index contributed by atoms with van der Waals surface area (Å²) in [5.74, 6) is -0.0694. The van der Waals surface area contributed by atoms with Crippen molar-refractivity contribution in [3.63, 3.8) is 0 Å². The van der Waals surface area contributed by atoms with E-state index in [0.717, 1.165) is 25.1 Å². The third-order valence-electron chi connectivity index (χ3n) is 2.94. The molecule has 5 heteroatoms. The Balaban J connectivity index is 0.00000180. The number of carbonyl (C=O) groups excluding carboxylic acids is 1. The van der Waals surface area contributed by atoms with Gasteiger partial charge in [0.15, 0.2) is 0 Å². The third-order valence-corrected chi connectivity index (χ3v) is 3.16. The first-order chi connectivity index (χ1) is 8.65. The van der Waals surface area contributed by atoms with E-state index in [1.54, 1.807) is 6.07 Å². The molecule has 0 radical (unpaired) electrons. The highest BCUT2D eigenvalue weighted by Gasteiger charge is 2.09. The van der Waals surface area contributed by atoms with Crippen molar-refractivity contribution in [2.24, 2.45) is 0 Å². The Hall–Kier alpha value is -1.03. The summed E-state index contributed by atoms with van der Waals surface area (Å²) in [6.07, 6.45) is 3.13. The number of carbonyl (C=O) groups is 1. The van der Waals surface area contributed by atoms with Gasteiger partial charge in [-0.25, -0.2) is 0 Å². The molecule has 1 aliphatic rings. The minimum absolute atomic E-state index is 0. The minimum Gasteiger partial charge on any atom is -0.348 e. The fourth-order valence-corrected chi connectivity index (χ4v) is 2.28. The SMILES string of the molecule is Cc1cc(Cl)cc(C(=O)NCC2=CCNCC2)c1.Cl. The van der Waals surface area contributed by atoms with E-state index in [9.17, 15) is 4.79 Å². The predicted molar refractivity (Wildman–Crippen MR) is 81.3 cm³/mol. The van der Waals surface area contributed by atoms with Gasteiger partial charge >= 0.3 is 0 Å². The van der Waals surface area contributed by atoms with E-state index in [0.29, 0.717) is 17.1 Å². The normalized spacial score (nSPS) is 14.3. The summed E-state index contributed by atoms with van der Waals surface area (Å²) in [7, 11) is 0. The number of benzene rings is 1. The highest BCUT2D eigenvalue weighted by molar-refractivity contribution is 6.31. The molecule has 2 N–H and O–H groups in total. The van der Waals surface area contributed by atoms with Gasteiger partial charge in [0, 0.05) is 23.7 Å². The number of hydrogen-bond acceptors (Lipinski definition) is 2. The molecule has 0 bridgehead atoms. The molecule has 0 fully saturated rings. The van der Waals surface area contributed by atoms with Crippen molar-refractivity contribution >= 4 is 29.9 Å². The van der Waals surface area contributed by atoms with Gasteiger partial charge in [0.1, 0.15) is 0 Å². The van der Waals surface area contributed by atoms with Crippen LogP contribution in [0.2, 0.25) is 5.02 Å². The van der Waals surface area contributed by atoms with Crippen molar-refractivity contribution in [2.75, 3.05) is 19.6 Å². The maximum Gasteiger partial charge on any atom is 0.251 e. The van der Waals surface area contributed by atoms with Crippen LogP contribution in [0.1, 0.15) is 22.3 Å². The van der Waals surface area contributed by atoms with Crippen molar-refractivity contribution in [1.29, 1.82) is 0 Å². The van der Waals surface area contributed by atoms with Gasteiger partial charge < -0.3 is 10.6 Å². The average Bonchev–Trinajstić information content (AvgIpc) is 2.36. The average molecular weight is 301 g/mol. The molecule has 0 saturated heterocycles. The molecule has 0 spiro atoms. The van der Waals surface area contributed by atoms with E-state index >= 15 is 0 Å².